The average molecular weight is 426 g/mol. The Labute approximate surface area is 151 Å². The van der Waals surface area contributed by atoms with Crippen LogP contribution in [0.3, 0.4) is 0 Å². The smallest absolute Gasteiger partial charge is 0.235 e. The van der Waals surface area contributed by atoms with E-state index in [9.17, 15) is 13.2 Å². The van der Waals surface area contributed by atoms with E-state index in [4.69, 9.17) is 5.73 Å². The fourth-order valence-corrected chi connectivity index (χ4v) is 4.17. The van der Waals surface area contributed by atoms with E-state index in [2.05, 4.69) is 21.2 Å². The first-order chi connectivity index (χ1) is 10.3. The summed E-state index contributed by atoms with van der Waals surface area (Å²) in [7, 11) is -3.46. The predicted molar refractivity (Wildman–Crippen MR) is 97.3 cm³/mol. The monoisotopic (exact) mass is 424 g/mol. The van der Waals surface area contributed by atoms with Gasteiger partial charge in [-0.3, -0.25) is 4.79 Å². The number of rotatable bonds is 5. The van der Waals surface area contributed by atoms with Crippen LogP contribution >= 0.6 is 28.3 Å². The number of hydrogen-bond donors (Lipinski definition) is 2. The summed E-state index contributed by atoms with van der Waals surface area (Å²) in [4.78, 5) is 11.9. The standard InChI is InChI=1S/C15H21BrN2O3S.ClH/c16-12-3-1-11(2-4-12)9-22(20,21)10-15(19)18-14-7-5-13(17)6-8-14;/h1-4,13-14H,5-10,17H2,(H,18,19);1H. The minimum Gasteiger partial charge on any atom is -0.352 e. The van der Waals surface area contributed by atoms with E-state index < -0.39 is 21.5 Å². The zero-order chi connectivity index (χ0) is 16.2. The first-order valence-electron chi connectivity index (χ1n) is 7.34. The summed E-state index contributed by atoms with van der Waals surface area (Å²) in [5, 5.41) is 2.81. The number of carbonyl (C=O) groups is 1. The number of benzene rings is 1. The van der Waals surface area contributed by atoms with E-state index in [0.717, 1.165) is 30.2 Å². The lowest BCUT2D eigenvalue weighted by Gasteiger charge is -2.26. The van der Waals surface area contributed by atoms with Crippen molar-refractivity contribution < 1.29 is 13.2 Å². The molecular formula is C15H22BrClN2O3S. The third-order valence-corrected chi connectivity index (χ3v) is 5.79. The van der Waals surface area contributed by atoms with Gasteiger partial charge in [0, 0.05) is 16.6 Å². The van der Waals surface area contributed by atoms with Gasteiger partial charge in [0.05, 0.1) is 5.75 Å². The summed E-state index contributed by atoms with van der Waals surface area (Å²) < 4.78 is 25.1. The van der Waals surface area contributed by atoms with E-state index in [1.807, 2.05) is 0 Å². The molecule has 0 saturated heterocycles. The molecule has 1 aromatic rings. The Morgan fingerprint density at radius 3 is 2.30 bits per heavy atom. The molecule has 0 unspecified atom stereocenters. The fraction of sp³-hybridized carbons (Fsp3) is 0.533. The minimum absolute atomic E-state index is 0. The lowest BCUT2D eigenvalue weighted by atomic mass is 9.92. The van der Waals surface area contributed by atoms with Crippen LogP contribution in [-0.2, 0) is 20.4 Å². The Morgan fingerprint density at radius 1 is 1.17 bits per heavy atom. The molecule has 5 nitrogen and oxygen atoms in total. The molecule has 1 fully saturated rings. The van der Waals surface area contributed by atoms with Gasteiger partial charge in [0.15, 0.2) is 9.84 Å². The van der Waals surface area contributed by atoms with Gasteiger partial charge in [-0.15, -0.1) is 12.4 Å². The predicted octanol–water partition coefficient (Wildman–Crippen LogP) is 2.17. The molecule has 0 atom stereocenters. The van der Waals surface area contributed by atoms with Crippen LogP contribution in [0.4, 0.5) is 0 Å². The van der Waals surface area contributed by atoms with E-state index in [0.29, 0.717) is 5.56 Å². The van der Waals surface area contributed by atoms with Gasteiger partial charge >= 0.3 is 0 Å². The number of amides is 1. The van der Waals surface area contributed by atoms with Gasteiger partial charge in [0.2, 0.25) is 5.91 Å². The molecule has 1 aliphatic carbocycles. The molecule has 0 heterocycles. The molecule has 8 heteroatoms. The molecule has 0 bridgehead atoms. The topological polar surface area (TPSA) is 89.3 Å². The van der Waals surface area contributed by atoms with Crippen molar-refractivity contribution in [2.75, 3.05) is 5.75 Å². The summed E-state index contributed by atoms with van der Waals surface area (Å²) >= 11 is 3.30. The van der Waals surface area contributed by atoms with Gasteiger partial charge in [-0.1, -0.05) is 28.1 Å². The highest BCUT2D eigenvalue weighted by Crippen LogP contribution is 2.17. The number of halogens is 2. The van der Waals surface area contributed by atoms with Gasteiger partial charge in [0.1, 0.15) is 5.75 Å². The first-order valence-corrected chi connectivity index (χ1v) is 9.95. The van der Waals surface area contributed by atoms with Crippen LogP contribution in [0.1, 0.15) is 31.2 Å². The number of nitrogens with one attached hydrogen (secondary N) is 1. The Bertz CT molecular complexity index is 614. The maximum atomic E-state index is 12.1. The summed E-state index contributed by atoms with van der Waals surface area (Å²) in [6.45, 7) is 0. The molecule has 0 spiro atoms. The van der Waals surface area contributed by atoms with Crippen LogP contribution in [0.2, 0.25) is 0 Å². The first kappa shape index (κ1) is 20.4. The van der Waals surface area contributed by atoms with Crippen LogP contribution in [0, 0.1) is 0 Å². The number of sulfone groups is 1. The van der Waals surface area contributed by atoms with Crippen molar-refractivity contribution in [3.05, 3.63) is 34.3 Å². The molecule has 1 amide bonds. The molecule has 0 aromatic heterocycles. The second-order valence-corrected chi connectivity index (χ2v) is 8.82. The Morgan fingerprint density at radius 2 is 1.74 bits per heavy atom. The quantitative estimate of drug-likeness (QED) is 0.756. The van der Waals surface area contributed by atoms with Crippen molar-refractivity contribution in [1.82, 2.24) is 5.32 Å². The van der Waals surface area contributed by atoms with Crippen LogP contribution in [0.15, 0.2) is 28.7 Å². The molecule has 0 aliphatic heterocycles. The largest absolute Gasteiger partial charge is 0.352 e. The van der Waals surface area contributed by atoms with E-state index in [1.54, 1.807) is 24.3 Å². The number of nitrogens with two attached hydrogens (primary N) is 1. The molecular weight excluding hydrogens is 404 g/mol. The molecule has 1 aliphatic rings. The Hall–Kier alpha value is -0.630. The Kier molecular flexibility index (Phi) is 8.00. The van der Waals surface area contributed by atoms with Crippen molar-refractivity contribution in [3.63, 3.8) is 0 Å². The maximum Gasteiger partial charge on any atom is 0.235 e. The summed E-state index contributed by atoms with van der Waals surface area (Å²) in [5.74, 6) is -1.01. The van der Waals surface area contributed by atoms with Gasteiger partial charge in [-0.05, 0) is 43.4 Å². The highest BCUT2D eigenvalue weighted by Gasteiger charge is 2.23. The van der Waals surface area contributed by atoms with Crippen LogP contribution in [0.5, 0.6) is 0 Å². The molecule has 2 rings (SSSR count). The highest BCUT2D eigenvalue weighted by atomic mass is 79.9. The highest BCUT2D eigenvalue weighted by molar-refractivity contribution is 9.10. The number of carbonyl (C=O) groups excluding carboxylic acids is 1. The summed E-state index contributed by atoms with van der Waals surface area (Å²) in [6.07, 6.45) is 3.38. The third kappa shape index (κ3) is 7.20. The zero-order valence-electron chi connectivity index (χ0n) is 12.7. The van der Waals surface area contributed by atoms with Gasteiger partial charge < -0.3 is 11.1 Å². The SMILES string of the molecule is Cl.NC1CCC(NC(=O)CS(=O)(=O)Cc2ccc(Br)cc2)CC1. The van der Waals surface area contributed by atoms with Gasteiger partial charge in [0.25, 0.3) is 0 Å². The van der Waals surface area contributed by atoms with Crippen LogP contribution in [-0.4, -0.2) is 32.2 Å². The lowest BCUT2D eigenvalue weighted by Crippen LogP contribution is -2.42. The van der Waals surface area contributed by atoms with Crippen molar-refractivity contribution >= 4 is 44.1 Å². The maximum absolute atomic E-state index is 12.1. The van der Waals surface area contributed by atoms with E-state index >= 15 is 0 Å². The van der Waals surface area contributed by atoms with E-state index in [-0.39, 0.29) is 30.2 Å². The number of hydrogen-bond acceptors (Lipinski definition) is 4. The molecule has 130 valence electrons. The molecule has 23 heavy (non-hydrogen) atoms. The van der Waals surface area contributed by atoms with Crippen molar-refractivity contribution in [3.8, 4) is 0 Å². The Balaban J connectivity index is 0.00000264. The second-order valence-electron chi connectivity index (χ2n) is 5.84. The molecule has 1 saturated carbocycles. The van der Waals surface area contributed by atoms with Crippen molar-refractivity contribution in [2.24, 2.45) is 5.73 Å². The van der Waals surface area contributed by atoms with E-state index in [1.165, 1.54) is 0 Å². The molecule has 3 N–H and O–H groups in total. The summed E-state index contributed by atoms with van der Waals surface area (Å²) in [5.41, 5.74) is 6.49. The summed E-state index contributed by atoms with van der Waals surface area (Å²) in [6, 6.07) is 7.31. The third-order valence-electron chi connectivity index (χ3n) is 3.79. The van der Waals surface area contributed by atoms with Crippen molar-refractivity contribution in [1.29, 1.82) is 0 Å². The fourth-order valence-electron chi connectivity index (χ4n) is 2.62. The van der Waals surface area contributed by atoms with Gasteiger partial charge in [-0.25, -0.2) is 8.42 Å². The second kappa shape index (κ2) is 9.01. The zero-order valence-corrected chi connectivity index (χ0v) is 15.9. The van der Waals surface area contributed by atoms with Crippen LogP contribution < -0.4 is 11.1 Å². The van der Waals surface area contributed by atoms with Crippen molar-refractivity contribution in [2.45, 2.75) is 43.5 Å². The van der Waals surface area contributed by atoms with Crippen LogP contribution in [0.25, 0.3) is 0 Å². The minimum atomic E-state index is -3.46. The molecule has 1 aromatic carbocycles. The molecule has 0 radical (unpaired) electrons. The normalized spacial score (nSPS) is 21.3. The lowest BCUT2D eigenvalue weighted by molar-refractivity contribution is -0.119. The van der Waals surface area contributed by atoms with Gasteiger partial charge in [-0.2, -0.15) is 0 Å². The average Bonchev–Trinajstić information content (AvgIpc) is 2.43.